The third kappa shape index (κ3) is 6.71. The van der Waals surface area contributed by atoms with E-state index in [2.05, 4.69) is 71.2 Å². The highest BCUT2D eigenvalue weighted by Crippen LogP contribution is 2.32. The molecule has 0 saturated carbocycles. The van der Waals surface area contributed by atoms with Crippen LogP contribution in [0.15, 0.2) is 35.3 Å². The van der Waals surface area contributed by atoms with Gasteiger partial charge in [0.2, 0.25) is 0 Å². The van der Waals surface area contributed by atoms with Crippen molar-refractivity contribution in [1.29, 1.82) is 0 Å². The maximum Gasteiger partial charge on any atom is 0.193 e. The fourth-order valence-corrected chi connectivity index (χ4v) is 4.66. The van der Waals surface area contributed by atoms with E-state index in [0.717, 1.165) is 32.1 Å². The van der Waals surface area contributed by atoms with Crippen LogP contribution in [0.3, 0.4) is 0 Å². The van der Waals surface area contributed by atoms with E-state index in [1.54, 1.807) is 0 Å². The smallest absolute Gasteiger partial charge is 0.193 e. The zero-order valence-electron chi connectivity index (χ0n) is 18.8. The molecule has 2 saturated heterocycles. The van der Waals surface area contributed by atoms with Gasteiger partial charge in [0.1, 0.15) is 0 Å². The Balaban J connectivity index is 1.44. The quantitative estimate of drug-likeness (QED) is 0.434. The van der Waals surface area contributed by atoms with E-state index in [4.69, 9.17) is 4.99 Å². The van der Waals surface area contributed by atoms with Crippen molar-refractivity contribution in [3.8, 4) is 0 Å². The molecule has 0 bridgehead atoms. The average molecular weight is 400 g/mol. The fourth-order valence-electron chi connectivity index (χ4n) is 4.66. The van der Waals surface area contributed by atoms with Crippen LogP contribution in [-0.4, -0.2) is 86.6 Å². The second-order valence-corrected chi connectivity index (χ2v) is 8.82. The standard InChI is InChI=1S/C24H41N5/c1-4-25-24(26-13-8-9-14-28-18-16-27(3)17-19-28)29-15-12-23(21(2)20-29)22-10-6-5-7-11-22/h5-7,10-11,21,23H,4,8-9,12-20H2,1-3H3,(H,25,26). The molecular weight excluding hydrogens is 358 g/mol. The summed E-state index contributed by atoms with van der Waals surface area (Å²) in [6, 6.07) is 11.0. The van der Waals surface area contributed by atoms with E-state index in [0.29, 0.717) is 11.8 Å². The lowest BCUT2D eigenvalue weighted by molar-refractivity contribution is 0.152. The molecule has 3 rings (SSSR count). The average Bonchev–Trinajstić information content (AvgIpc) is 2.74. The summed E-state index contributed by atoms with van der Waals surface area (Å²) in [7, 11) is 2.22. The number of likely N-dealkylation sites (tertiary alicyclic amines) is 1. The number of aliphatic imine (C=N–C) groups is 1. The minimum Gasteiger partial charge on any atom is -0.357 e. The third-order valence-corrected chi connectivity index (χ3v) is 6.51. The normalized spacial score (nSPS) is 24.7. The van der Waals surface area contributed by atoms with Gasteiger partial charge in [0.05, 0.1) is 0 Å². The molecule has 2 fully saturated rings. The van der Waals surface area contributed by atoms with Gasteiger partial charge in [0.15, 0.2) is 5.96 Å². The first-order chi connectivity index (χ1) is 14.2. The van der Waals surface area contributed by atoms with Crippen LogP contribution >= 0.6 is 0 Å². The monoisotopic (exact) mass is 399 g/mol. The number of benzene rings is 1. The Kier molecular flexibility index (Phi) is 8.81. The Morgan fingerprint density at radius 1 is 1.07 bits per heavy atom. The second kappa shape index (κ2) is 11.6. The maximum atomic E-state index is 4.97. The summed E-state index contributed by atoms with van der Waals surface area (Å²) >= 11 is 0. The van der Waals surface area contributed by atoms with Crippen molar-refractivity contribution < 1.29 is 0 Å². The highest BCUT2D eigenvalue weighted by Gasteiger charge is 2.28. The van der Waals surface area contributed by atoms with Crippen LogP contribution in [0.2, 0.25) is 0 Å². The highest BCUT2D eigenvalue weighted by molar-refractivity contribution is 5.80. The fraction of sp³-hybridized carbons (Fsp3) is 0.708. The Bertz CT molecular complexity index is 609. The molecule has 0 spiro atoms. The minimum atomic E-state index is 0.646. The highest BCUT2D eigenvalue weighted by atomic mass is 15.3. The molecule has 0 amide bonds. The van der Waals surface area contributed by atoms with Crippen molar-refractivity contribution in [3.05, 3.63) is 35.9 Å². The topological polar surface area (TPSA) is 34.1 Å². The van der Waals surface area contributed by atoms with E-state index in [1.807, 2.05) is 0 Å². The molecule has 0 aliphatic carbocycles. The van der Waals surface area contributed by atoms with Crippen LogP contribution in [-0.2, 0) is 0 Å². The number of hydrogen-bond donors (Lipinski definition) is 1. The van der Waals surface area contributed by atoms with Gasteiger partial charge in [-0.15, -0.1) is 0 Å². The molecule has 1 N–H and O–H groups in total. The molecule has 5 heteroatoms. The first-order valence-corrected chi connectivity index (χ1v) is 11.7. The predicted octanol–water partition coefficient (Wildman–Crippen LogP) is 3.11. The summed E-state index contributed by atoms with van der Waals surface area (Å²) in [5.41, 5.74) is 1.49. The Labute approximate surface area is 178 Å². The molecule has 5 nitrogen and oxygen atoms in total. The van der Waals surface area contributed by atoms with Gasteiger partial charge in [-0.1, -0.05) is 37.3 Å². The lowest BCUT2D eigenvalue weighted by atomic mass is 9.82. The molecule has 1 aromatic rings. The molecular formula is C24H41N5. The molecule has 29 heavy (non-hydrogen) atoms. The van der Waals surface area contributed by atoms with E-state index < -0.39 is 0 Å². The molecule has 2 heterocycles. The zero-order chi connectivity index (χ0) is 20.5. The Morgan fingerprint density at radius 2 is 1.83 bits per heavy atom. The number of piperidine rings is 1. The van der Waals surface area contributed by atoms with E-state index in [1.165, 1.54) is 57.5 Å². The Hall–Kier alpha value is -1.59. The molecule has 2 aliphatic rings. The van der Waals surface area contributed by atoms with Gasteiger partial charge in [0.25, 0.3) is 0 Å². The van der Waals surface area contributed by atoms with E-state index in [-0.39, 0.29) is 0 Å². The lowest BCUT2D eigenvalue weighted by Gasteiger charge is -2.39. The van der Waals surface area contributed by atoms with Crippen LogP contribution in [0.25, 0.3) is 0 Å². The summed E-state index contributed by atoms with van der Waals surface area (Å²) in [5.74, 6) is 2.43. The van der Waals surface area contributed by atoms with Crippen molar-refractivity contribution >= 4 is 5.96 Å². The number of guanidine groups is 1. The molecule has 1 aromatic carbocycles. The summed E-state index contributed by atoms with van der Waals surface area (Å²) in [6.07, 6.45) is 3.63. The molecule has 2 atom stereocenters. The molecule has 0 aromatic heterocycles. The van der Waals surface area contributed by atoms with E-state index in [9.17, 15) is 0 Å². The molecule has 2 unspecified atom stereocenters. The maximum absolute atomic E-state index is 4.97. The van der Waals surface area contributed by atoms with Gasteiger partial charge >= 0.3 is 0 Å². The van der Waals surface area contributed by atoms with Crippen LogP contribution in [0, 0.1) is 5.92 Å². The first-order valence-electron chi connectivity index (χ1n) is 11.7. The summed E-state index contributed by atoms with van der Waals surface area (Å²) in [5, 5.41) is 3.53. The number of unbranched alkanes of at least 4 members (excludes halogenated alkanes) is 1. The SMILES string of the molecule is CCNC(=NCCCCN1CCN(C)CC1)N1CCC(c2ccccc2)C(C)C1. The van der Waals surface area contributed by atoms with Gasteiger partial charge < -0.3 is 20.0 Å². The van der Waals surface area contributed by atoms with E-state index >= 15 is 0 Å². The largest absolute Gasteiger partial charge is 0.357 e. The van der Waals surface area contributed by atoms with Crippen LogP contribution in [0.4, 0.5) is 0 Å². The minimum absolute atomic E-state index is 0.646. The number of hydrogen-bond acceptors (Lipinski definition) is 3. The van der Waals surface area contributed by atoms with Gasteiger partial charge in [-0.3, -0.25) is 4.99 Å². The summed E-state index contributed by atoms with van der Waals surface area (Å²) < 4.78 is 0. The molecule has 162 valence electrons. The number of nitrogens with zero attached hydrogens (tertiary/aromatic N) is 4. The lowest BCUT2D eigenvalue weighted by Crippen LogP contribution is -2.48. The van der Waals surface area contributed by atoms with Gasteiger partial charge in [-0.05, 0) is 57.2 Å². The molecule has 0 radical (unpaired) electrons. The number of likely N-dealkylation sites (N-methyl/N-ethyl adjacent to an activating group) is 1. The van der Waals surface area contributed by atoms with Crippen molar-refractivity contribution in [3.63, 3.8) is 0 Å². The zero-order valence-corrected chi connectivity index (χ0v) is 18.8. The Morgan fingerprint density at radius 3 is 2.52 bits per heavy atom. The number of piperazine rings is 1. The van der Waals surface area contributed by atoms with Crippen LogP contribution in [0.5, 0.6) is 0 Å². The van der Waals surface area contributed by atoms with Crippen molar-refractivity contribution in [1.82, 2.24) is 20.0 Å². The van der Waals surface area contributed by atoms with Gasteiger partial charge in [0, 0.05) is 52.4 Å². The number of rotatable bonds is 7. The van der Waals surface area contributed by atoms with Crippen molar-refractivity contribution in [2.45, 2.75) is 39.0 Å². The predicted molar refractivity (Wildman–Crippen MR) is 124 cm³/mol. The van der Waals surface area contributed by atoms with Crippen molar-refractivity contribution in [2.75, 3.05) is 66.0 Å². The second-order valence-electron chi connectivity index (χ2n) is 8.82. The molecule has 2 aliphatic heterocycles. The summed E-state index contributed by atoms with van der Waals surface area (Å²) in [6.45, 7) is 14.7. The van der Waals surface area contributed by atoms with Gasteiger partial charge in [-0.2, -0.15) is 0 Å². The third-order valence-electron chi connectivity index (χ3n) is 6.51. The van der Waals surface area contributed by atoms with Crippen LogP contribution < -0.4 is 5.32 Å². The first kappa shape index (κ1) is 22.1. The van der Waals surface area contributed by atoms with Crippen LogP contribution in [0.1, 0.15) is 44.6 Å². The van der Waals surface area contributed by atoms with Crippen molar-refractivity contribution in [2.24, 2.45) is 10.9 Å². The van der Waals surface area contributed by atoms with Gasteiger partial charge in [-0.25, -0.2) is 0 Å². The number of nitrogens with one attached hydrogen (secondary N) is 1. The summed E-state index contributed by atoms with van der Waals surface area (Å²) in [4.78, 5) is 12.5.